The molecule has 1 aliphatic heterocycles. The largest absolute Gasteiger partial charge is 0.371 e. The van der Waals surface area contributed by atoms with E-state index in [-0.39, 0.29) is 6.10 Å². The molecule has 1 unspecified atom stereocenters. The highest BCUT2D eigenvalue weighted by molar-refractivity contribution is 7.13. The first kappa shape index (κ1) is 17.0. The van der Waals surface area contributed by atoms with Gasteiger partial charge in [0.2, 0.25) is 11.7 Å². The van der Waals surface area contributed by atoms with Crippen molar-refractivity contribution in [2.24, 2.45) is 0 Å². The van der Waals surface area contributed by atoms with Crippen molar-refractivity contribution < 1.29 is 9.26 Å². The molecule has 130 valence electrons. The fourth-order valence-corrected chi connectivity index (χ4v) is 3.73. The van der Waals surface area contributed by atoms with Crippen LogP contribution in [0.3, 0.4) is 0 Å². The third-order valence-corrected chi connectivity index (χ3v) is 5.64. The summed E-state index contributed by atoms with van der Waals surface area (Å²) in [4.78, 5) is 7.73. The van der Waals surface area contributed by atoms with Crippen molar-refractivity contribution in [2.45, 2.75) is 12.6 Å². The van der Waals surface area contributed by atoms with Crippen LogP contribution in [0.5, 0.6) is 0 Å². The second-order valence-electron chi connectivity index (χ2n) is 5.76. The van der Waals surface area contributed by atoms with Crippen LogP contribution in [0.15, 0.2) is 40.2 Å². The molecule has 4 rings (SSSR count). The first-order chi connectivity index (χ1) is 12.2. The van der Waals surface area contributed by atoms with Gasteiger partial charge in [-0.05, 0) is 29.1 Å². The Balaban J connectivity index is 1.44. The summed E-state index contributed by atoms with van der Waals surface area (Å²) in [6.07, 6.45) is -0.0526. The molecule has 8 heteroatoms. The maximum Gasteiger partial charge on any atom is 0.241 e. The fraction of sp³-hybridized carbons (Fsp3) is 0.294. The standard InChI is InChI=1S/C17H15Cl2N3O2S/c18-12-4-3-11(8-13(12)19)14-9-22(5-6-23-14)10-16-20-17(21-24-16)15-2-1-7-25-15/h1-4,7-8,14H,5-6,9-10H2. The molecular formula is C17H15Cl2N3O2S. The molecule has 1 fully saturated rings. The minimum absolute atomic E-state index is 0.0526. The van der Waals surface area contributed by atoms with Crippen LogP contribution in [-0.2, 0) is 11.3 Å². The van der Waals surface area contributed by atoms with E-state index in [1.807, 2.05) is 29.6 Å². The molecule has 1 saturated heterocycles. The van der Waals surface area contributed by atoms with Crippen LogP contribution in [0.1, 0.15) is 17.6 Å². The Hall–Kier alpha value is -1.44. The van der Waals surface area contributed by atoms with Gasteiger partial charge in [0, 0.05) is 13.1 Å². The van der Waals surface area contributed by atoms with E-state index in [0.717, 1.165) is 23.5 Å². The van der Waals surface area contributed by atoms with Gasteiger partial charge < -0.3 is 9.26 Å². The van der Waals surface area contributed by atoms with Gasteiger partial charge in [0.1, 0.15) is 0 Å². The SMILES string of the molecule is Clc1ccc(C2CN(Cc3nc(-c4cccs4)no3)CCO2)cc1Cl. The van der Waals surface area contributed by atoms with Gasteiger partial charge in [-0.2, -0.15) is 4.98 Å². The highest BCUT2D eigenvalue weighted by Crippen LogP contribution is 2.29. The molecule has 0 radical (unpaired) electrons. The topological polar surface area (TPSA) is 51.4 Å². The van der Waals surface area contributed by atoms with Gasteiger partial charge in [0.15, 0.2) is 0 Å². The minimum atomic E-state index is -0.0526. The van der Waals surface area contributed by atoms with Crippen molar-refractivity contribution in [3.05, 3.63) is 57.2 Å². The minimum Gasteiger partial charge on any atom is -0.371 e. The van der Waals surface area contributed by atoms with E-state index in [1.165, 1.54) is 0 Å². The number of morpholine rings is 1. The van der Waals surface area contributed by atoms with Gasteiger partial charge in [-0.3, -0.25) is 4.90 Å². The molecule has 0 N–H and O–H groups in total. The summed E-state index contributed by atoms with van der Waals surface area (Å²) < 4.78 is 11.3. The van der Waals surface area contributed by atoms with Gasteiger partial charge in [-0.1, -0.05) is 40.5 Å². The van der Waals surface area contributed by atoms with Crippen LogP contribution in [0.2, 0.25) is 10.0 Å². The summed E-state index contributed by atoms with van der Waals surface area (Å²) in [5, 5.41) is 7.14. The van der Waals surface area contributed by atoms with Crippen LogP contribution in [-0.4, -0.2) is 34.7 Å². The first-order valence-corrected chi connectivity index (χ1v) is 9.48. The van der Waals surface area contributed by atoms with Crippen LogP contribution >= 0.6 is 34.5 Å². The molecule has 2 aromatic heterocycles. The van der Waals surface area contributed by atoms with Crippen LogP contribution in [0.25, 0.3) is 10.7 Å². The fourth-order valence-electron chi connectivity index (χ4n) is 2.78. The number of nitrogens with zero attached hydrogens (tertiary/aromatic N) is 3. The second-order valence-corrected chi connectivity index (χ2v) is 7.52. The molecule has 3 aromatic rings. The van der Waals surface area contributed by atoms with E-state index in [4.69, 9.17) is 32.5 Å². The molecular weight excluding hydrogens is 381 g/mol. The Morgan fingerprint density at radius 1 is 1.24 bits per heavy atom. The Labute approximate surface area is 159 Å². The molecule has 0 spiro atoms. The molecule has 1 aromatic carbocycles. The number of rotatable bonds is 4. The van der Waals surface area contributed by atoms with E-state index in [9.17, 15) is 0 Å². The van der Waals surface area contributed by atoms with Crippen molar-refractivity contribution in [3.8, 4) is 10.7 Å². The molecule has 5 nitrogen and oxygen atoms in total. The number of hydrogen-bond donors (Lipinski definition) is 0. The van der Waals surface area contributed by atoms with Crippen molar-refractivity contribution >= 4 is 34.5 Å². The third kappa shape index (κ3) is 3.88. The maximum atomic E-state index is 6.12. The maximum absolute atomic E-state index is 6.12. The molecule has 1 atom stereocenters. The average molecular weight is 396 g/mol. The molecule has 0 amide bonds. The lowest BCUT2D eigenvalue weighted by atomic mass is 10.1. The van der Waals surface area contributed by atoms with E-state index in [1.54, 1.807) is 17.4 Å². The molecule has 1 aliphatic rings. The zero-order valence-electron chi connectivity index (χ0n) is 13.2. The Bertz CT molecular complexity index is 853. The van der Waals surface area contributed by atoms with Crippen molar-refractivity contribution in [1.29, 1.82) is 0 Å². The summed E-state index contributed by atoms with van der Waals surface area (Å²) in [7, 11) is 0. The normalized spacial score (nSPS) is 18.6. The zero-order chi connectivity index (χ0) is 17.2. The van der Waals surface area contributed by atoms with Gasteiger partial charge in [0.05, 0.1) is 34.2 Å². The summed E-state index contributed by atoms with van der Waals surface area (Å²) in [6, 6.07) is 9.56. The van der Waals surface area contributed by atoms with Crippen LogP contribution in [0, 0.1) is 0 Å². The van der Waals surface area contributed by atoms with Gasteiger partial charge in [-0.15, -0.1) is 11.3 Å². The predicted octanol–water partition coefficient (Wildman–Crippen LogP) is 4.68. The highest BCUT2D eigenvalue weighted by Gasteiger charge is 2.24. The number of ether oxygens (including phenoxy) is 1. The van der Waals surface area contributed by atoms with Crippen molar-refractivity contribution in [1.82, 2.24) is 15.0 Å². The van der Waals surface area contributed by atoms with Crippen molar-refractivity contribution in [2.75, 3.05) is 19.7 Å². The lowest BCUT2D eigenvalue weighted by Crippen LogP contribution is -2.37. The van der Waals surface area contributed by atoms with Crippen molar-refractivity contribution in [3.63, 3.8) is 0 Å². The summed E-state index contributed by atoms with van der Waals surface area (Å²) in [5.74, 6) is 1.25. The molecule has 25 heavy (non-hydrogen) atoms. The number of benzene rings is 1. The van der Waals surface area contributed by atoms with E-state index in [2.05, 4.69) is 15.0 Å². The number of hydrogen-bond acceptors (Lipinski definition) is 6. The van der Waals surface area contributed by atoms with E-state index in [0.29, 0.717) is 34.9 Å². The number of thiophene rings is 1. The number of halogens is 2. The van der Waals surface area contributed by atoms with E-state index < -0.39 is 0 Å². The summed E-state index contributed by atoms with van der Waals surface area (Å²) in [6.45, 7) is 2.78. The highest BCUT2D eigenvalue weighted by atomic mass is 35.5. The smallest absolute Gasteiger partial charge is 0.241 e. The monoisotopic (exact) mass is 395 g/mol. The lowest BCUT2D eigenvalue weighted by molar-refractivity contribution is -0.0355. The van der Waals surface area contributed by atoms with Crippen LogP contribution < -0.4 is 0 Å². The third-order valence-electron chi connectivity index (χ3n) is 4.03. The number of aromatic nitrogens is 2. The van der Waals surface area contributed by atoms with Crippen LogP contribution in [0.4, 0.5) is 0 Å². The summed E-state index contributed by atoms with van der Waals surface area (Å²) in [5.41, 5.74) is 1.02. The molecule has 0 bridgehead atoms. The quantitative estimate of drug-likeness (QED) is 0.641. The Morgan fingerprint density at radius 2 is 2.16 bits per heavy atom. The van der Waals surface area contributed by atoms with E-state index >= 15 is 0 Å². The van der Waals surface area contributed by atoms with Gasteiger partial charge >= 0.3 is 0 Å². The first-order valence-electron chi connectivity index (χ1n) is 7.84. The van der Waals surface area contributed by atoms with Gasteiger partial charge in [-0.25, -0.2) is 0 Å². The Kier molecular flexibility index (Phi) is 5.05. The second kappa shape index (κ2) is 7.43. The summed E-state index contributed by atoms with van der Waals surface area (Å²) >= 11 is 13.7. The molecule has 0 aliphatic carbocycles. The van der Waals surface area contributed by atoms with Gasteiger partial charge in [0.25, 0.3) is 0 Å². The Morgan fingerprint density at radius 3 is 2.96 bits per heavy atom. The predicted molar refractivity (Wildman–Crippen MR) is 98.0 cm³/mol. The molecule has 0 saturated carbocycles. The zero-order valence-corrected chi connectivity index (χ0v) is 15.5. The lowest BCUT2D eigenvalue weighted by Gasteiger charge is -2.32. The molecule has 3 heterocycles. The average Bonchev–Trinajstić information content (AvgIpc) is 3.29.